The van der Waals surface area contributed by atoms with Crippen LogP contribution in [-0.4, -0.2) is 88.9 Å². The number of carbonyl (C=O) groups is 1. The van der Waals surface area contributed by atoms with Crippen LogP contribution in [0.4, 0.5) is 13.6 Å². The van der Waals surface area contributed by atoms with Gasteiger partial charge in [0.25, 0.3) is 6.43 Å². The van der Waals surface area contributed by atoms with Crippen LogP contribution >= 0.6 is 0 Å². The summed E-state index contributed by atoms with van der Waals surface area (Å²) in [4.78, 5) is 15.2. The Morgan fingerprint density at radius 1 is 1.32 bits per heavy atom. The van der Waals surface area contributed by atoms with Crippen molar-refractivity contribution >= 4 is 6.09 Å². The van der Waals surface area contributed by atoms with Gasteiger partial charge in [0.15, 0.2) is 6.29 Å². The molecule has 0 aromatic heterocycles. The predicted octanol–water partition coefficient (Wildman–Crippen LogP) is 1.03. The van der Waals surface area contributed by atoms with Gasteiger partial charge in [-0.2, -0.15) is 0 Å². The normalized spacial score (nSPS) is 25.0. The molecular formula is C16H28F2N2O5. The standard InChI is InChI=1S/C16H28F2N2O5/c1-15(2,3)25-14(23)20-6-4-16(5-7-20)10-19(9-12(17)18)8-11(24-16)13(21)22/h11-13,21-22H,4-10H2,1-3H3. The smallest absolute Gasteiger partial charge is 0.410 e. The molecule has 0 bridgehead atoms. The number of rotatable bonds is 3. The van der Waals surface area contributed by atoms with Crippen molar-refractivity contribution < 1.29 is 33.3 Å². The second kappa shape index (κ2) is 7.69. The summed E-state index contributed by atoms with van der Waals surface area (Å²) >= 11 is 0. The molecule has 2 N–H and O–H groups in total. The fourth-order valence-electron chi connectivity index (χ4n) is 3.31. The zero-order valence-corrected chi connectivity index (χ0v) is 15.0. The number of likely N-dealkylation sites (tertiary alicyclic amines) is 1. The molecular weight excluding hydrogens is 338 g/mol. The van der Waals surface area contributed by atoms with Gasteiger partial charge in [-0.05, 0) is 33.6 Å². The van der Waals surface area contributed by atoms with E-state index in [4.69, 9.17) is 9.47 Å². The van der Waals surface area contributed by atoms with E-state index in [1.807, 2.05) is 0 Å². The van der Waals surface area contributed by atoms with Gasteiger partial charge in [0, 0.05) is 26.2 Å². The topological polar surface area (TPSA) is 82.5 Å². The van der Waals surface area contributed by atoms with E-state index in [9.17, 15) is 23.8 Å². The van der Waals surface area contributed by atoms with Gasteiger partial charge in [0.1, 0.15) is 11.7 Å². The highest BCUT2D eigenvalue weighted by molar-refractivity contribution is 5.68. The van der Waals surface area contributed by atoms with Crippen LogP contribution in [0, 0.1) is 0 Å². The van der Waals surface area contributed by atoms with Crippen LogP contribution in [0.25, 0.3) is 0 Å². The van der Waals surface area contributed by atoms with Crippen LogP contribution in [0.5, 0.6) is 0 Å². The molecule has 7 nitrogen and oxygen atoms in total. The monoisotopic (exact) mass is 366 g/mol. The molecule has 2 fully saturated rings. The molecule has 2 saturated heterocycles. The molecule has 9 heteroatoms. The maximum atomic E-state index is 12.8. The molecule has 0 radical (unpaired) electrons. The third kappa shape index (κ3) is 5.73. The molecule has 25 heavy (non-hydrogen) atoms. The zero-order valence-electron chi connectivity index (χ0n) is 15.0. The molecule has 1 atom stereocenters. The van der Waals surface area contributed by atoms with Crippen molar-refractivity contribution in [2.24, 2.45) is 0 Å². The quantitative estimate of drug-likeness (QED) is 0.726. The minimum Gasteiger partial charge on any atom is -0.444 e. The van der Waals surface area contributed by atoms with Crippen LogP contribution in [0.1, 0.15) is 33.6 Å². The predicted molar refractivity (Wildman–Crippen MR) is 85.3 cm³/mol. The first-order valence-electron chi connectivity index (χ1n) is 8.52. The van der Waals surface area contributed by atoms with Crippen molar-refractivity contribution in [3.63, 3.8) is 0 Å². The highest BCUT2D eigenvalue weighted by atomic mass is 19.3. The Bertz CT molecular complexity index is 462. The maximum absolute atomic E-state index is 12.8. The lowest BCUT2D eigenvalue weighted by Gasteiger charge is -2.50. The summed E-state index contributed by atoms with van der Waals surface area (Å²) in [5.41, 5.74) is -1.35. The fourth-order valence-corrected chi connectivity index (χ4v) is 3.31. The van der Waals surface area contributed by atoms with E-state index >= 15 is 0 Å². The Morgan fingerprint density at radius 2 is 1.92 bits per heavy atom. The molecule has 0 aromatic rings. The molecule has 2 rings (SSSR count). The van der Waals surface area contributed by atoms with Gasteiger partial charge in [0.2, 0.25) is 0 Å². The Labute approximate surface area is 146 Å². The van der Waals surface area contributed by atoms with Crippen LogP contribution in [-0.2, 0) is 9.47 Å². The first-order valence-corrected chi connectivity index (χ1v) is 8.52. The summed E-state index contributed by atoms with van der Waals surface area (Å²) in [5.74, 6) is 0. The summed E-state index contributed by atoms with van der Waals surface area (Å²) in [6.45, 7) is 5.98. The lowest BCUT2D eigenvalue weighted by molar-refractivity contribution is -0.242. The van der Waals surface area contributed by atoms with Gasteiger partial charge in [0.05, 0.1) is 12.1 Å². The summed E-state index contributed by atoms with van der Waals surface area (Å²) in [6.07, 6.45) is -4.75. The van der Waals surface area contributed by atoms with E-state index in [-0.39, 0.29) is 13.1 Å². The highest BCUT2D eigenvalue weighted by Gasteiger charge is 2.46. The molecule has 2 aliphatic heterocycles. The molecule has 1 amide bonds. The first-order chi connectivity index (χ1) is 11.5. The van der Waals surface area contributed by atoms with Gasteiger partial charge in [-0.15, -0.1) is 0 Å². The minimum atomic E-state index is -2.51. The third-order valence-corrected chi connectivity index (χ3v) is 4.41. The number of carbonyl (C=O) groups excluding carboxylic acids is 1. The summed E-state index contributed by atoms with van der Waals surface area (Å²) in [6, 6.07) is 0. The number of alkyl halides is 2. The molecule has 146 valence electrons. The van der Waals surface area contributed by atoms with E-state index < -0.39 is 42.7 Å². The number of ether oxygens (including phenoxy) is 2. The van der Waals surface area contributed by atoms with Gasteiger partial charge in [-0.25, -0.2) is 13.6 Å². The van der Waals surface area contributed by atoms with Crippen molar-refractivity contribution in [1.29, 1.82) is 0 Å². The van der Waals surface area contributed by atoms with Crippen LogP contribution in [0.2, 0.25) is 0 Å². The second-order valence-corrected chi connectivity index (χ2v) is 7.81. The molecule has 0 saturated carbocycles. The average molecular weight is 366 g/mol. The number of hydrogen-bond acceptors (Lipinski definition) is 6. The molecule has 2 heterocycles. The van der Waals surface area contributed by atoms with E-state index in [1.54, 1.807) is 25.7 Å². The summed E-state index contributed by atoms with van der Waals surface area (Å²) in [7, 11) is 0. The SMILES string of the molecule is CC(C)(C)OC(=O)N1CCC2(CC1)CN(CC(F)F)CC(C(O)O)O2. The number of aliphatic hydroxyl groups excluding tert-OH is 1. The molecule has 1 unspecified atom stereocenters. The van der Waals surface area contributed by atoms with E-state index in [0.717, 1.165) is 0 Å². The number of piperidine rings is 1. The van der Waals surface area contributed by atoms with Crippen molar-refractivity contribution in [3.05, 3.63) is 0 Å². The largest absolute Gasteiger partial charge is 0.444 e. The Kier molecular flexibility index (Phi) is 6.24. The Hall–Kier alpha value is -1.03. The number of aliphatic hydroxyl groups is 2. The number of hydrogen-bond donors (Lipinski definition) is 2. The molecule has 0 aliphatic carbocycles. The zero-order chi connectivity index (χ0) is 18.8. The van der Waals surface area contributed by atoms with E-state index in [2.05, 4.69) is 0 Å². The number of halogens is 2. The lowest BCUT2D eigenvalue weighted by Crippen LogP contribution is -2.62. The molecule has 0 aromatic carbocycles. The van der Waals surface area contributed by atoms with Crippen molar-refractivity contribution in [2.45, 2.75) is 63.6 Å². The van der Waals surface area contributed by atoms with Crippen LogP contribution in [0.3, 0.4) is 0 Å². The maximum Gasteiger partial charge on any atom is 0.410 e. The van der Waals surface area contributed by atoms with Gasteiger partial charge in [-0.3, -0.25) is 4.90 Å². The van der Waals surface area contributed by atoms with Gasteiger partial charge in [-0.1, -0.05) is 0 Å². The van der Waals surface area contributed by atoms with Crippen LogP contribution in [0.15, 0.2) is 0 Å². The highest BCUT2D eigenvalue weighted by Crippen LogP contribution is 2.33. The van der Waals surface area contributed by atoms with E-state index in [0.29, 0.717) is 25.9 Å². The third-order valence-electron chi connectivity index (χ3n) is 4.41. The fraction of sp³-hybridized carbons (Fsp3) is 0.938. The van der Waals surface area contributed by atoms with Crippen molar-refractivity contribution in [3.8, 4) is 0 Å². The average Bonchev–Trinajstić information content (AvgIpc) is 2.44. The summed E-state index contributed by atoms with van der Waals surface area (Å²) < 4.78 is 36.7. The summed E-state index contributed by atoms with van der Waals surface area (Å²) in [5, 5.41) is 18.9. The minimum absolute atomic E-state index is 0.0412. The van der Waals surface area contributed by atoms with E-state index in [1.165, 1.54) is 4.90 Å². The number of amides is 1. The molecule has 2 aliphatic rings. The number of morpholine rings is 1. The van der Waals surface area contributed by atoms with Gasteiger partial charge >= 0.3 is 6.09 Å². The Morgan fingerprint density at radius 3 is 2.40 bits per heavy atom. The van der Waals surface area contributed by atoms with Crippen molar-refractivity contribution in [1.82, 2.24) is 9.80 Å². The lowest BCUT2D eigenvalue weighted by atomic mass is 9.88. The van der Waals surface area contributed by atoms with Gasteiger partial charge < -0.3 is 24.6 Å². The molecule has 1 spiro atoms. The first kappa shape index (κ1) is 20.3. The number of nitrogens with zero attached hydrogens (tertiary/aromatic N) is 2. The van der Waals surface area contributed by atoms with Crippen molar-refractivity contribution in [2.75, 3.05) is 32.7 Å². The Balaban J connectivity index is 2.00. The second-order valence-electron chi connectivity index (χ2n) is 7.81. The van der Waals surface area contributed by atoms with Crippen LogP contribution < -0.4 is 0 Å².